The second-order valence-electron chi connectivity index (χ2n) is 5.98. The van der Waals surface area contributed by atoms with Gasteiger partial charge in [-0.2, -0.15) is 0 Å². The topological polar surface area (TPSA) is 66.4 Å². The minimum atomic E-state index is -1.21. The van der Waals surface area contributed by atoms with Crippen LogP contribution in [0.2, 0.25) is 0 Å². The van der Waals surface area contributed by atoms with Crippen molar-refractivity contribution in [3.05, 3.63) is 0 Å². The first-order chi connectivity index (χ1) is 10.7. The van der Waals surface area contributed by atoms with Gasteiger partial charge >= 0.3 is 43.7 Å². The van der Waals surface area contributed by atoms with E-state index in [1.807, 2.05) is 0 Å². The number of ether oxygens (including phenoxy) is 1. The van der Waals surface area contributed by atoms with Crippen LogP contribution in [0.4, 0.5) is 0 Å². The van der Waals surface area contributed by atoms with Gasteiger partial charge in [-0.15, -0.1) is 0 Å². The fourth-order valence-corrected chi connectivity index (χ4v) is 2.41. The summed E-state index contributed by atoms with van der Waals surface area (Å²) < 4.78 is 4.95. The largest absolute Gasteiger partial charge is 2.00 e. The van der Waals surface area contributed by atoms with Gasteiger partial charge in [-0.3, -0.25) is 4.79 Å². The van der Waals surface area contributed by atoms with E-state index in [1.165, 1.54) is 64.2 Å². The smallest absolute Gasteiger partial charge is 0.550 e. The van der Waals surface area contributed by atoms with Crippen LogP contribution in [0.25, 0.3) is 0 Å². The molecule has 0 aromatic carbocycles. The van der Waals surface area contributed by atoms with Crippen LogP contribution in [0.1, 0.15) is 96.8 Å². The third kappa shape index (κ3) is 22.2. The SMILES string of the molecule is CCCCCCCCCCCCCCOC(=O)CCC(=O)[O-].[Ca+2]. The van der Waals surface area contributed by atoms with E-state index in [0.717, 1.165) is 12.8 Å². The van der Waals surface area contributed by atoms with Crippen LogP contribution >= 0.6 is 0 Å². The van der Waals surface area contributed by atoms with Gasteiger partial charge in [0.1, 0.15) is 0 Å². The molecule has 0 amide bonds. The van der Waals surface area contributed by atoms with Crippen molar-refractivity contribution in [2.75, 3.05) is 6.61 Å². The van der Waals surface area contributed by atoms with E-state index >= 15 is 0 Å². The van der Waals surface area contributed by atoms with Crippen LogP contribution in [-0.4, -0.2) is 56.3 Å². The van der Waals surface area contributed by atoms with Crippen LogP contribution in [-0.2, 0) is 14.3 Å². The fraction of sp³-hybridized carbons (Fsp3) is 0.889. The van der Waals surface area contributed by atoms with Crippen molar-refractivity contribution in [3.63, 3.8) is 0 Å². The van der Waals surface area contributed by atoms with Gasteiger partial charge in [0.15, 0.2) is 0 Å². The molecule has 5 heteroatoms. The number of unbranched alkanes of at least 4 members (excludes halogenated alkanes) is 11. The third-order valence-corrected chi connectivity index (χ3v) is 3.79. The van der Waals surface area contributed by atoms with Crippen molar-refractivity contribution < 1.29 is 19.4 Å². The monoisotopic (exact) mass is 353 g/mol. The molecule has 0 unspecified atom stereocenters. The molecule has 23 heavy (non-hydrogen) atoms. The van der Waals surface area contributed by atoms with E-state index in [9.17, 15) is 14.7 Å². The summed E-state index contributed by atoms with van der Waals surface area (Å²) >= 11 is 0. The molecule has 130 valence electrons. The van der Waals surface area contributed by atoms with E-state index in [0.29, 0.717) is 6.61 Å². The van der Waals surface area contributed by atoms with E-state index in [4.69, 9.17) is 4.74 Å². The van der Waals surface area contributed by atoms with E-state index < -0.39 is 11.9 Å². The Hall–Kier alpha value is 0.200. The standard InChI is InChI=1S/C18H34O4.Ca/c1-2-3-4-5-6-7-8-9-10-11-12-13-16-22-18(21)15-14-17(19)20;/h2-16H2,1H3,(H,19,20);/q;+2/p-1. The molecule has 0 aliphatic heterocycles. The molecule has 0 rings (SSSR count). The number of carbonyl (C=O) groups excluding carboxylic acids is 2. The minimum Gasteiger partial charge on any atom is -0.550 e. The first-order valence-electron chi connectivity index (χ1n) is 9.02. The van der Waals surface area contributed by atoms with E-state index in [-0.39, 0.29) is 50.6 Å². The summed E-state index contributed by atoms with van der Waals surface area (Å²) in [4.78, 5) is 21.3. The summed E-state index contributed by atoms with van der Waals surface area (Å²) in [6.45, 7) is 2.65. The van der Waals surface area contributed by atoms with Crippen molar-refractivity contribution in [2.45, 2.75) is 96.8 Å². The van der Waals surface area contributed by atoms with Crippen LogP contribution in [0.15, 0.2) is 0 Å². The number of aliphatic carboxylic acids is 1. The second-order valence-corrected chi connectivity index (χ2v) is 5.98. The zero-order valence-corrected chi connectivity index (χ0v) is 17.2. The zero-order valence-electron chi connectivity index (χ0n) is 14.9. The number of hydrogen-bond acceptors (Lipinski definition) is 4. The summed E-state index contributed by atoms with van der Waals surface area (Å²) in [7, 11) is 0. The quantitative estimate of drug-likeness (QED) is 0.242. The summed E-state index contributed by atoms with van der Waals surface area (Å²) in [6.07, 6.45) is 14.9. The van der Waals surface area contributed by atoms with E-state index in [1.54, 1.807) is 0 Å². The molecule has 0 aromatic heterocycles. The van der Waals surface area contributed by atoms with Crippen LogP contribution < -0.4 is 5.11 Å². The Labute approximate surface area is 171 Å². The van der Waals surface area contributed by atoms with Gasteiger partial charge in [-0.25, -0.2) is 0 Å². The van der Waals surface area contributed by atoms with Gasteiger partial charge in [0, 0.05) is 5.97 Å². The van der Waals surface area contributed by atoms with Gasteiger partial charge < -0.3 is 14.6 Å². The number of carboxylic acid groups (broad SMARTS) is 1. The van der Waals surface area contributed by atoms with Crippen LogP contribution in [0.5, 0.6) is 0 Å². The molecule has 0 spiro atoms. The molecule has 0 saturated heterocycles. The zero-order chi connectivity index (χ0) is 16.5. The van der Waals surface area contributed by atoms with Crippen molar-refractivity contribution in [1.82, 2.24) is 0 Å². The van der Waals surface area contributed by atoms with Gasteiger partial charge in [0.2, 0.25) is 0 Å². The minimum absolute atomic E-state index is 0. The molecular weight excluding hydrogens is 320 g/mol. The molecule has 0 N–H and O–H groups in total. The molecule has 0 aliphatic rings. The van der Waals surface area contributed by atoms with Gasteiger partial charge in [0.05, 0.1) is 13.0 Å². The number of rotatable bonds is 16. The molecule has 4 nitrogen and oxygen atoms in total. The number of carbonyl (C=O) groups is 2. The van der Waals surface area contributed by atoms with Gasteiger partial charge in [-0.05, 0) is 12.8 Å². The Morgan fingerprint density at radius 1 is 0.739 bits per heavy atom. The van der Waals surface area contributed by atoms with Crippen molar-refractivity contribution >= 4 is 49.7 Å². The number of hydrogen-bond donors (Lipinski definition) is 0. The van der Waals surface area contributed by atoms with Crippen molar-refractivity contribution in [1.29, 1.82) is 0 Å². The second kappa shape index (κ2) is 20.2. The molecule has 0 aromatic rings. The van der Waals surface area contributed by atoms with E-state index in [2.05, 4.69) is 6.92 Å². The summed E-state index contributed by atoms with van der Waals surface area (Å²) in [5, 5.41) is 10.2. The fourth-order valence-electron chi connectivity index (χ4n) is 2.41. The molecule has 0 fully saturated rings. The third-order valence-electron chi connectivity index (χ3n) is 3.79. The van der Waals surface area contributed by atoms with Crippen LogP contribution in [0, 0.1) is 0 Å². The average molecular weight is 354 g/mol. The first kappa shape index (κ1) is 25.4. The molecule has 0 aliphatic carbocycles. The Kier molecular flexibility index (Phi) is 22.4. The van der Waals surface area contributed by atoms with Crippen molar-refractivity contribution in [2.24, 2.45) is 0 Å². The maximum atomic E-state index is 11.1. The average Bonchev–Trinajstić information content (AvgIpc) is 2.49. The Morgan fingerprint density at radius 3 is 1.61 bits per heavy atom. The Morgan fingerprint density at radius 2 is 1.17 bits per heavy atom. The number of esters is 1. The normalized spacial score (nSPS) is 10.1. The van der Waals surface area contributed by atoms with Crippen LogP contribution in [0.3, 0.4) is 0 Å². The molecule has 0 saturated carbocycles. The first-order valence-corrected chi connectivity index (χ1v) is 9.02. The molecule has 0 radical (unpaired) electrons. The molecule has 0 atom stereocenters. The maximum Gasteiger partial charge on any atom is 2.00 e. The van der Waals surface area contributed by atoms with Gasteiger partial charge in [-0.1, -0.05) is 77.6 Å². The summed E-state index contributed by atoms with van der Waals surface area (Å²) in [5.41, 5.74) is 0. The predicted molar refractivity (Wildman–Crippen MR) is 92.0 cm³/mol. The molecule has 0 bridgehead atoms. The number of carboxylic acids is 1. The Balaban J connectivity index is 0. The van der Waals surface area contributed by atoms with Gasteiger partial charge in [0.25, 0.3) is 0 Å². The molecule has 0 heterocycles. The van der Waals surface area contributed by atoms with Crippen molar-refractivity contribution in [3.8, 4) is 0 Å². The maximum absolute atomic E-state index is 11.1. The Bertz CT molecular complexity index is 282. The predicted octanol–water partition coefficient (Wildman–Crippen LogP) is 3.38. The summed E-state index contributed by atoms with van der Waals surface area (Å²) in [6, 6.07) is 0. The molecular formula is C18H33CaO4+. The summed E-state index contributed by atoms with van der Waals surface area (Å²) in [5.74, 6) is -1.64.